The van der Waals surface area contributed by atoms with E-state index in [1.807, 2.05) is 0 Å². The van der Waals surface area contributed by atoms with Gasteiger partial charge >= 0.3 is 24.0 Å². The predicted octanol–water partition coefficient (Wildman–Crippen LogP) is 6.53. The summed E-state index contributed by atoms with van der Waals surface area (Å²) in [5.74, 6) is -5.69. The first-order valence-corrected chi connectivity index (χ1v) is 12.3. The Bertz CT molecular complexity index is 1390. The number of rotatable bonds is 11. The number of nitrogens with two attached hydrogens (primary N) is 2. The molecule has 0 bridgehead atoms. The van der Waals surface area contributed by atoms with Crippen molar-refractivity contribution >= 4 is 35.0 Å². The van der Waals surface area contributed by atoms with Crippen molar-refractivity contribution in [2.24, 2.45) is 0 Å². The molecule has 0 saturated heterocycles. The molecular weight excluding hydrogens is 551 g/mol. The van der Waals surface area contributed by atoms with Crippen LogP contribution in [-0.4, -0.2) is 37.3 Å². The molecule has 0 fully saturated rings. The standard InChI is InChI=1S/C29H27F5N2O5/c1-2-39-27(38)24(23-17-20(35)8-13-25(23)36)16-18-4-9-22(10-5-18)41-26(37)19-6-11-21(12-7-19)40-15-3-14-28(30,31)29(32,33)34/h4-13,16-17H,2-3,14-15,35-36H2,1H3. The second kappa shape index (κ2) is 13.2. The highest BCUT2D eigenvalue weighted by molar-refractivity contribution is 6.23. The van der Waals surface area contributed by atoms with Crippen LogP contribution >= 0.6 is 0 Å². The third kappa shape index (κ3) is 8.44. The van der Waals surface area contributed by atoms with Gasteiger partial charge in [-0.05, 0) is 79.6 Å². The Balaban J connectivity index is 1.62. The summed E-state index contributed by atoms with van der Waals surface area (Å²) in [5, 5.41) is 0. The highest BCUT2D eigenvalue weighted by atomic mass is 19.4. The third-order valence-corrected chi connectivity index (χ3v) is 5.67. The van der Waals surface area contributed by atoms with E-state index in [9.17, 15) is 31.5 Å². The van der Waals surface area contributed by atoms with Gasteiger partial charge in [0.1, 0.15) is 11.5 Å². The third-order valence-electron chi connectivity index (χ3n) is 5.67. The molecule has 41 heavy (non-hydrogen) atoms. The van der Waals surface area contributed by atoms with E-state index in [2.05, 4.69) is 0 Å². The zero-order chi connectivity index (χ0) is 30.2. The molecule has 0 heterocycles. The van der Waals surface area contributed by atoms with Gasteiger partial charge in [-0.1, -0.05) is 12.1 Å². The summed E-state index contributed by atoms with van der Waals surface area (Å²) in [6.45, 7) is 1.47. The molecule has 0 aromatic heterocycles. The lowest BCUT2D eigenvalue weighted by Gasteiger charge is -2.19. The van der Waals surface area contributed by atoms with E-state index in [1.165, 1.54) is 36.4 Å². The Morgan fingerprint density at radius 1 is 0.878 bits per heavy atom. The van der Waals surface area contributed by atoms with Crippen LogP contribution in [0.5, 0.6) is 11.5 Å². The number of carbonyl (C=O) groups is 2. The maximum Gasteiger partial charge on any atom is 0.453 e. The SMILES string of the molecule is CCOC(=O)C(=Cc1ccc(OC(=O)c2ccc(OCCCC(F)(F)C(F)(F)F)cc2)cc1)c1cc(N)ccc1N. The highest BCUT2D eigenvalue weighted by Crippen LogP contribution is 2.38. The lowest BCUT2D eigenvalue weighted by Crippen LogP contribution is -2.36. The van der Waals surface area contributed by atoms with Gasteiger partial charge in [0.2, 0.25) is 0 Å². The van der Waals surface area contributed by atoms with Gasteiger partial charge in [-0.3, -0.25) is 0 Å². The minimum absolute atomic E-state index is 0.145. The summed E-state index contributed by atoms with van der Waals surface area (Å²) >= 11 is 0. The number of halogens is 5. The van der Waals surface area contributed by atoms with E-state index in [0.717, 1.165) is 0 Å². The number of nitrogen functional groups attached to an aromatic ring is 2. The van der Waals surface area contributed by atoms with Crippen LogP contribution in [0.15, 0.2) is 66.7 Å². The minimum Gasteiger partial charge on any atom is -0.494 e. The lowest BCUT2D eigenvalue weighted by molar-refractivity contribution is -0.284. The largest absolute Gasteiger partial charge is 0.494 e. The van der Waals surface area contributed by atoms with E-state index in [0.29, 0.717) is 22.5 Å². The molecule has 0 atom stereocenters. The highest BCUT2D eigenvalue weighted by Gasteiger charge is 2.56. The normalized spacial score (nSPS) is 12.1. The van der Waals surface area contributed by atoms with E-state index in [-0.39, 0.29) is 35.8 Å². The Hall–Kier alpha value is -4.61. The number of alkyl halides is 5. The second-order valence-corrected chi connectivity index (χ2v) is 8.76. The average Bonchev–Trinajstić information content (AvgIpc) is 2.92. The van der Waals surface area contributed by atoms with Crippen LogP contribution in [0, 0.1) is 0 Å². The zero-order valence-electron chi connectivity index (χ0n) is 21.8. The van der Waals surface area contributed by atoms with Gasteiger partial charge < -0.3 is 25.7 Å². The Kier molecular flexibility index (Phi) is 9.93. The molecule has 0 spiro atoms. The van der Waals surface area contributed by atoms with Gasteiger partial charge in [-0.25, -0.2) is 9.59 Å². The topological polar surface area (TPSA) is 114 Å². The summed E-state index contributed by atoms with van der Waals surface area (Å²) in [6, 6.07) is 16.5. The molecule has 3 rings (SSSR count). The fraction of sp³-hybridized carbons (Fsp3) is 0.241. The first-order valence-electron chi connectivity index (χ1n) is 12.3. The Morgan fingerprint density at radius 3 is 2.12 bits per heavy atom. The second-order valence-electron chi connectivity index (χ2n) is 8.76. The monoisotopic (exact) mass is 578 g/mol. The van der Waals surface area contributed by atoms with Gasteiger partial charge in [0.25, 0.3) is 0 Å². The lowest BCUT2D eigenvalue weighted by atomic mass is 10.0. The van der Waals surface area contributed by atoms with Crippen LogP contribution in [0.4, 0.5) is 33.3 Å². The fourth-order valence-electron chi connectivity index (χ4n) is 3.54. The number of esters is 2. The van der Waals surface area contributed by atoms with Crippen molar-refractivity contribution in [1.29, 1.82) is 0 Å². The molecule has 0 aliphatic heterocycles. The first-order chi connectivity index (χ1) is 19.3. The van der Waals surface area contributed by atoms with Crippen LogP contribution in [0.2, 0.25) is 0 Å². The summed E-state index contributed by atoms with van der Waals surface area (Å²) < 4.78 is 78.2. The predicted molar refractivity (Wildman–Crippen MR) is 143 cm³/mol. The molecule has 0 saturated carbocycles. The van der Waals surface area contributed by atoms with Crippen molar-refractivity contribution in [1.82, 2.24) is 0 Å². The van der Waals surface area contributed by atoms with Crippen LogP contribution in [0.3, 0.4) is 0 Å². The number of carbonyl (C=O) groups excluding carboxylic acids is 2. The van der Waals surface area contributed by atoms with E-state index in [4.69, 9.17) is 25.7 Å². The van der Waals surface area contributed by atoms with Crippen LogP contribution in [-0.2, 0) is 9.53 Å². The maximum atomic E-state index is 13.0. The molecule has 0 aliphatic rings. The molecule has 12 heteroatoms. The molecule has 0 aliphatic carbocycles. The fourth-order valence-corrected chi connectivity index (χ4v) is 3.54. The van der Waals surface area contributed by atoms with Crippen molar-refractivity contribution in [2.45, 2.75) is 31.9 Å². The van der Waals surface area contributed by atoms with Gasteiger partial charge in [-0.2, -0.15) is 22.0 Å². The van der Waals surface area contributed by atoms with Crippen LogP contribution in [0.1, 0.15) is 41.3 Å². The molecule has 3 aromatic carbocycles. The summed E-state index contributed by atoms with van der Waals surface area (Å²) in [5.41, 5.74) is 14.0. The zero-order valence-corrected chi connectivity index (χ0v) is 21.8. The molecule has 218 valence electrons. The van der Waals surface area contributed by atoms with Crippen molar-refractivity contribution in [3.8, 4) is 11.5 Å². The first kappa shape index (κ1) is 30.9. The number of hydrogen-bond acceptors (Lipinski definition) is 7. The van der Waals surface area contributed by atoms with E-state index < -0.39 is 36.9 Å². The molecule has 7 nitrogen and oxygen atoms in total. The Labute approximate surface area is 232 Å². The molecule has 0 amide bonds. The van der Waals surface area contributed by atoms with Crippen molar-refractivity contribution < 1.29 is 45.8 Å². The Morgan fingerprint density at radius 2 is 1.51 bits per heavy atom. The summed E-state index contributed by atoms with van der Waals surface area (Å²) in [4.78, 5) is 25.1. The van der Waals surface area contributed by atoms with Gasteiger partial charge in [0, 0.05) is 23.4 Å². The maximum absolute atomic E-state index is 13.0. The molecule has 3 aromatic rings. The molecule has 0 unspecified atom stereocenters. The van der Waals surface area contributed by atoms with E-state index >= 15 is 0 Å². The van der Waals surface area contributed by atoms with Crippen molar-refractivity contribution in [3.63, 3.8) is 0 Å². The summed E-state index contributed by atoms with van der Waals surface area (Å²) in [6.07, 6.45) is -5.95. The smallest absolute Gasteiger partial charge is 0.453 e. The van der Waals surface area contributed by atoms with Crippen molar-refractivity contribution in [2.75, 3.05) is 24.7 Å². The van der Waals surface area contributed by atoms with Gasteiger partial charge in [-0.15, -0.1) is 0 Å². The quantitative estimate of drug-likeness (QED) is 0.0506. The molecular formula is C29H27F5N2O5. The molecule has 0 radical (unpaired) electrons. The van der Waals surface area contributed by atoms with Crippen LogP contribution in [0.25, 0.3) is 11.6 Å². The van der Waals surface area contributed by atoms with E-state index in [1.54, 1.807) is 43.3 Å². The number of hydrogen-bond donors (Lipinski definition) is 2. The molecule has 4 N–H and O–H groups in total. The van der Waals surface area contributed by atoms with Crippen LogP contribution < -0.4 is 20.9 Å². The number of ether oxygens (including phenoxy) is 3. The number of anilines is 2. The van der Waals surface area contributed by atoms with Gasteiger partial charge in [0.15, 0.2) is 0 Å². The van der Waals surface area contributed by atoms with Crippen molar-refractivity contribution in [3.05, 3.63) is 83.4 Å². The minimum atomic E-state index is -5.61. The summed E-state index contributed by atoms with van der Waals surface area (Å²) in [7, 11) is 0. The average molecular weight is 579 g/mol. The van der Waals surface area contributed by atoms with Gasteiger partial charge in [0.05, 0.1) is 24.4 Å². The number of benzene rings is 3.